The molecule has 2 rings (SSSR count). The third-order valence-electron chi connectivity index (χ3n) is 3.59. The molecule has 0 aromatic carbocycles. The molecule has 0 radical (unpaired) electrons. The zero-order chi connectivity index (χ0) is 11.3. The van der Waals surface area contributed by atoms with Gasteiger partial charge in [-0.05, 0) is 12.8 Å². The Balaban J connectivity index is 1.97. The first-order valence-electron chi connectivity index (χ1n) is 6.65. The predicted molar refractivity (Wildman–Crippen MR) is 61.2 cm³/mol. The summed E-state index contributed by atoms with van der Waals surface area (Å²) in [6, 6.07) is 0. The average Bonchev–Trinajstić information content (AvgIpc) is 2.74. The van der Waals surface area contributed by atoms with Gasteiger partial charge in [-0.15, -0.1) is 0 Å². The van der Waals surface area contributed by atoms with E-state index in [0.717, 1.165) is 19.3 Å². The Labute approximate surface area is 97.5 Å². The smallest absolute Gasteiger partial charge is 0.229 e. The molecule has 1 spiro atoms. The maximum atomic E-state index is 12.1. The highest BCUT2D eigenvalue weighted by atomic mass is 16.7. The van der Waals surface area contributed by atoms with Gasteiger partial charge in [0, 0.05) is 12.8 Å². The SMILES string of the molecule is O=C1CCCCCCCCCC12OCCO2. The van der Waals surface area contributed by atoms with Crippen LogP contribution in [-0.2, 0) is 14.3 Å². The van der Waals surface area contributed by atoms with Crippen molar-refractivity contribution in [1.82, 2.24) is 0 Å². The van der Waals surface area contributed by atoms with Crippen molar-refractivity contribution in [2.75, 3.05) is 13.2 Å². The van der Waals surface area contributed by atoms with Crippen molar-refractivity contribution in [2.45, 2.75) is 63.6 Å². The van der Waals surface area contributed by atoms with Gasteiger partial charge in [0.2, 0.25) is 5.79 Å². The molecule has 3 nitrogen and oxygen atoms in total. The van der Waals surface area contributed by atoms with Crippen LogP contribution in [0.3, 0.4) is 0 Å². The molecule has 1 aliphatic heterocycles. The fourth-order valence-corrected chi connectivity index (χ4v) is 2.62. The zero-order valence-corrected chi connectivity index (χ0v) is 10.0. The molecule has 0 aromatic heterocycles. The summed E-state index contributed by atoms with van der Waals surface area (Å²) in [5, 5.41) is 0. The third kappa shape index (κ3) is 2.83. The fourth-order valence-electron chi connectivity index (χ4n) is 2.62. The molecule has 1 heterocycles. The number of carbonyl (C=O) groups is 1. The quantitative estimate of drug-likeness (QED) is 0.637. The molecule has 1 aliphatic carbocycles. The van der Waals surface area contributed by atoms with E-state index in [1.807, 2.05) is 0 Å². The molecule has 0 atom stereocenters. The summed E-state index contributed by atoms with van der Waals surface area (Å²) >= 11 is 0. The molecule has 0 aromatic rings. The van der Waals surface area contributed by atoms with Crippen molar-refractivity contribution >= 4 is 5.78 Å². The van der Waals surface area contributed by atoms with Gasteiger partial charge in [-0.2, -0.15) is 0 Å². The summed E-state index contributed by atoms with van der Waals surface area (Å²) in [6.45, 7) is 1.15. The van der Waals surface area contributed by atoms with Crippen LogP contribution in [0.4, 0.5) is 0 Å². The van der Waals surface area contributed by atoms with Gasteiger partial charge in [0.15, 0.2) is 5.78 Å². The lowest BCUT2D eigenvalue weighted by Crippen LogP contribution is -2.39. The highest BCUT2D eigenvalue weighted by Gasteiger charge is 2.42. The van der Waals surface area contributed by atoms with E-state index in [0.29, 0.717) is 19.6 Å². The maximum Gasteiger partial charge on any atom is 0.229 e. The minimum atomic E-state index is -0.857. The average molecular weight is 226 g/mol. The lowest BCUT2D eigenvalue weighted by molar-refractivity contribution is -0.183. The molecule has 92 valence electrons. The fraction of sp³-hybridized carbons (Fsp3) is 0.923. The second-order valence-electron chi connectivity index (χ2n) is 4.85. The monoisotopic (exact) mass is 226 g/mol. The second-order valence-corrected chi connectivity index (χ2v) is 4.85. The molecule has 16 heavy (non-hydrogen) atoms. The zero-order valence-electron chi connectivity index (χ0n) is 10.0. The number of ketones is 1. The first-order valence-corrected chi connectivity index (χ1v) is 6.65. The molecule has 2 aliphatic rings. The summed E-state index contributed by atoms with van der Waals surface area (Å²) in [7, 11) is 0. The number of hydrogen-bond donors (Lipinski definition) is 0. The van der Waals surface area contributed by atoms with Crippen LogP contribution >= 0.6 is 0 Å². The van der Waals surface area contributed by atoms with E-state index in [-0.39, 0.29) is 5.78 Å². The summed E-state index contributed by atoms with van der Waals surface area (Å²) in [5.74, 6) is -0.684. The van der Waals surface area contributed by atoms with Crippen LogP contribution in [0.1, 0.15) is 57.8 Å². The Morgan fingerprint density at radius 1 is 0.812 bits per heavy atom. The molecular weight excluding hydrogens is 204 g/mol. The van der Waals surface area contributed by atoms with Crippen molar-refractivity contribution < 1.29 is 14.3 Å². The summed E-state index contributed by atoms with van der Waals surface area (Å²) < 4.78 is 11.2. The van der Waals surface area contributed by atoms with E-state index >= 15 is 0 Å². The van der Waals surface area contributed by atoms with Gasteiger partial charge in [-0.3, -0.25) is 4.79 Å². The minimum Gasteiger partial charge on any atom is -0.341 e. The Morgan fingerprint density at radius 3 is 2.06 bits per heavy atom. The van der Waals surface area contributed by atoms with E-state index in [1.165, 1.54) is 32.1 Å². The van der Waals surface area contributed by atoms with Crippen LogP contribution < -0.4 is 0 Å². The Kier molecular flexibility index (Phi) is 4.36. The Bertz CT molecular complexity index is 231. The molecule has 2 fully saturated rings. The van der Waals surface area contributed by atoms with E-state index in [9.17, 15) is 4.79 Å². The highest BCUT2D eigenvalue weighted by molar-refractivity contribution is 5.86. The van der Waals surface area contributed by atoms with Gasteiger partial charge in [-0.25, -0.2) is 0 Å². The summed E-state index contributed by atoms with van der Waals surface area (Å²) in [5.41, 5.74) is 0. The normalized spacial score (nSPS) is 27.9. The van der Waals surface area contributed by atoms with Gasteiger partial charge in [-0.1, -0.05) is 32.1 Å². The summed E-state index contributed by atoms with van der Waals surface area (Å²) in [4.78, 5) is 12.1. The molecule has 0 bridgehead atoms. The van der Waals surface area contributed by atoms with Gasteiger partial charge in [0.05, 0.1) is 13.2 Å². The summed E-state index contributed by atoms with van der Waals surface area (Å²) in [6.07, 6.45) is 9.64. The first kappa shape index (κ1) is 12.1. The van der Waals surface area contributed by atoms with Gasteiger partial charge < -0.3 is 9.47 Å². The van der Waals surface area contributed by atoms with E-state index in [2.05, 4.69) is 0 Å². The van der Waals surface area contributed by atoms with Crippen LogP contribution in [-0.4, -0.2) is 24.8 Å². The predicted octanol–water partition coefficient (Wildman–Crippen LogP) is 2.82. The lowest BCUT2D eigenvalue weighted by Gasteiger charge is -2.25. The molecule has 1 saturated carbocycles. The number of rotatable bonds is 0. The Morgan fingerprint density at radius 2 is 1.38 bits per heavy atom. The topological polar surface area (TPSA) is 35.5 Å². The standard InChI is InChI=1S/C13H22O3/c14-12-8-6-4-2-1-3-5-7-9-13(12)15-10-11-16-13/h1-11H2. The molecular formula is C13H22O3. The van der Waals surface area contributed by atoms with Crippen LogP contribution in [0.5, 0.6) is 0 Å². The van der Waals surface area contributed by atoms with Crippen LogP contribution in [0.25, 0.3) is 0 Å². The molecule has 0 amide bonds. The largest absolute Gasteiger partial charge is 0.341 e. The van der Waals surface area contributed by atoms with Crippen LogP contribution in [0.2, 0.25) is 0 Å². The van der Waals surface area contributed by atoms with Crippen LogP contribution in [0.15, 0.2) is 0 Å². The van der Waals surface area contributed by atoms with E-state index in [1.54, 1.807) is 0 Å². The molecule has 1 saturated heterocycles. The van der Waals surface area contributed by atoms with Crippen molar-refractivity contribution in [3.05, 3.63) is 0 Å². The first-order chi connectivity index (χ1) is 7.83. The van der Waals surface area contributed by atoms with Crippen molar-refractivity contribution in [2.24, 2.45) is 0 Å². The molecule has 0 N–H and O–H groups in total. The lowest BCUT2D eigenvalue weighted by atomic mass is 10.00. The van der Waals surface area contributed by atoms with Crippen molar-refractivity contribution in [1.29, 1.82) is 0 Å². The highest BCUT2D eigenvalue weighted by Crippen LogP contribution is 2.30. The van der Waals surface area contributed by atoms with E-state index in [4.69, 9.17) is 9.47 Å². The number of ether oxygens (including phenoxy) is 2. The van der Waals surface area contributed by atoms with Crippen LogP contribution in [0, 0.1) is 0 Å². The number of hydrogen-bond acceptors (Lipinski definition) is 3. The third-order valence-corrected chi connectivity index (χ3v) is 3.59. The maximum absolute atomic E-state index is 12.1. The van der Waals surface area contributed by atoms with Gasteiger partial charge in [0.25, 0.3) is 0 Å². The van der Waals surface area contributed by atoms with Crippen molar-refractivity contribution in [3.63, 3.8) is 0 Å². The number of Topliss-reactive ketones (excluding diaryl/α,β-unsaturated/α-hetero) is 1. The minimum absolute atomic E-state index is 0.173. The molecule has 0 unspecified atom stereocenters. The van der Waals surface area contributed by atoms with E-state index < -0.39 is 5.79 Å². The van der Waals surface area contributed by atoms with Gasteiger partial charge >= 0.3 is 0 Å². The van der Waals surface area contributed by atoms with Gasteiger partial charge in [0.1, 0.15) is 0 Å². The molecule has 3 heteroatoms. The Hall–Kier alpha value is -0.410. The van der Waals surface area contributed by atoms with Crippen molar-refractivity contribution in [3.8, 4) is 0 Å². The second kappa shape index (κ2) is 5.78. The number of carbonyl (C=O) groups excluding carboxylic acids is 1.